The maximum absolute atomic E-state index is 12.6. The van der Waals surface area contributed by atoms with Crippen LogP contribution in [0.3, 0.4) is 0 Å². The fourth-order valence-corrected chi connectivity index (χ4v) is 10.7. The Morgan fingerprint density at radius 1 is 0.634 bits per heavy atom. The second-order valence-electron chi connectivity index (χ2n) is 19.2. The molecule has 2 aromatic carbocycles. The molecule has 11 rings (SSSR count). The highest BCUT2D eigenvalue weighted by molar-refractivity contribution is 5.87. The van der Waals surface area contributed by atoms with Crippen molar-refractivity contribution in [1.82, 2.24) is 39.0 Å². The van der Waals surface area contributed by atoms with Crippen LogP contribution in [0, 0.1) is 11.8 Å². The van der Waals surface area contributed by atoms with Gasteiger partial charge in [0.1, 0.15) is 59.4 Å². The number of halogens is 4. The van der Waals surface area contributed by atoms with Gasteiger partial charge in [0.05, 0.1) is 59.2 Å². The van der Waals surface area contributed by atoms with E-state index in [0.717, 1.165) is 68.6 Å². The third-order valence-corrected chi connectivity index (χ3v) is 14.1. The molecule has 0 bridgehead atoms. The number of nitrogens with two attached hydrogens (primary N) is 2. The predicted molar refractivity (Wildman–Crippen MR) is 263 cm³/mol. The molecule has 3 fully saturated rings. The number of rotatable bonds is 14. The van der Waals surface area contributed by atoms with Crippen LogP contribution in [0.15, 0.2) is 97.8 Å². The zero-order valence-electron chi connectivity index (χ0n) is 39.1. The van der Waals surface area contributed by atoms with Gasteiger partial charge >= 0.3 is 0 Å². The molecule has 1 saturated heterocycles. The van der Waals surface area contributed by atoms with E-state index in [1.54, 1.807) is 12.1 Å². The highest BCUT2D eigenvalue weighted by Gasteiger charge is 2.54. The monoisotopic (exact) mass is 976 g/mol. The van der Waals surface area contributed by atoms with Crippen molar-refractivity contribution >= 4 is 67.1 Å². The molecule has 2 aliphatic carbocycles. The van der Waals surface area contributed by atoms with Gasteiger partial charge in [-0.1, -0.05) is 24.3 Å². The number of aliphatic hydroxyl groups is 2. The molecular formula is C51H56F4N12O4. The lowest BCUT2D eigenvalue weighted by atomic mass is 9.95. The normalized spacial score (nSPS) is 23.8. The maximum Gasteiger partial charge on any atom is 0.255 e. The number of pyridine rings is 2. The number of benzene rings is 2. The summed E-state index contributed by atoms with van der Waals surface area (Å²) in [6.45, 7) is 3.05. The van der Waals surface area contributed by atoms with E-state index >= 15 is 0 Å². The zero-order valence-corrected chi connectivity index (χ0v) is 39.1. The number of hydrogen-bond donors (Lipinski definition) is 6. The van der Waals surface area contributed by atoms with Crippen molar-refractivity contribution in [3.63, 3.8) is 0 Å². The summed E-state index contributed by atoms with van der Waals surface area (Å²) in [7, 11) is 0. The van der Waals surface area contributed by atoms with E-state index in [4.69, 9.17) is 20.9 Å². The number of aromatic nitrogens is 8. The largest absolute Gasteiger partial charge is 0.390 e. The van der Waals surface area contributed by atoms with E-state index in [-0.39, 0.29) is 36.1 Å². The summed E-state index contributed by atoms with van der Waals surface area (Å²) in [5.41, 5.74) is 17.1. The number of nitrogens with zero attached hydrogens (tertiary/aromatic N) is 8. The molecule has 8 atom stereocenters. The summed E-state index contributed by atoms with van der Waals surface area (Å²) in [5.74, 6) is 1.24. The Hall–Kier alpha value is -6.74. The Kier molecular flexibility index (Phi) is 13.4. The third kappa shape index (κ3) is 10.1. The van der Waals surface area contributed by atoms with Crippen LogP contribution in [-0.2, 0) is 22.3 Å². The summed E-state index contributed by atoms with van der Waals surface area (Å²) < 4.78 is 66.9. The lowest BCUT2D eigenvalue weighted by Crippen LogP contribution is -2.29. The van der Waals surface area contributed by atoms with E-state index in [2.05, 4.69) is 51.2 Å². The number of hydrogen-bond acceptors (Lipinski definition) is 14. The minimum Gasteiger partial charge on any atom is -0.390 e. The summed E-state index contributed by atoms with van der Waals surface area (Å²) in [6.07, 6.45) is 4.60. The number of alkyl halides is 4. The van der Waals surface area contributed by atoms with Gasteiger partial charge in [0.2, 0.25) is 0 Å². The zero-order chi connectivity index (χ0) is 49.6. The Morgan fingerprint density at radius 3 is 1.65 bits per heavy atom. The summed E-state index contributed by atoms with van der Waals surface area (Å²) in [5, 5.41) is 30.3. The number of anilines is 4. The lowest BCUT2D eigenvalue weighted by Gasteiger charge is -2.24. The molecule has 16 nitrogen and oxygen atoms in total. The van der Waals surface area contributed by atoms with E-state index in [1.165, 1.54) is 12.7 Å². The Labute approximate surface area is 405 Å². The second kappa shape index (κ2) is 19.8. The molecule has 0 unspecified atom stereocenters. The molecule has 20 heteroatoms. The summed E-state index contributed by atoms with van der Waals surface area (Å²) >= 11 is 0. The van der Waals surface area contributed by atoms with Crippen LogP contribution in [0.5, 0.6) is 0 Å². The minimum atomic E-state index is -2.45. The van der Waals surface area contributed by atoms with Crippen LogP contribution >= 0.6 is 0 Å². The van der Waals surface area contributed by atoms with Gasteiger partial charge in [0.25, 0.3) is 12.9 Å². The molecule has 6 aromatic heterocycles. The van der Waals surface area contributed by atoms with Gasteiger partial charge in [-0.15, -0.1) is 0 Å². The standard InChI is InChI=1S/C27H30F2N6O2.C24H26F2N6O2/c1-27(2)36-23-17(12-20(24(23)37-27)35-10-9-18-25(30)32-14-33-26(18)35)6-4-15-3-5-16-7-8-22(31-13-21(28)29)34-19(16)11-15;25-19(26)11-28-20-6-5-14-3-1-13(9-17(14)31-20)2-4-15-10-18(22(34)21(15)33)32-8-7-16-23(27)29-12-30-24(16)32/h3,5,7-11,14,17,20-21,23-24H,4,6,12-13H2,1-2H3,(H,31,34)(H2,30,32,33);1,3,5-9,12,15,18-19,21-22,33-34H,2,4,10-11H2,(H,28,31)(H2,27,29,30)/t17-,20+,23+,24-;15-,18+,21+,22-/m00/s1. The van der Waals surface area contributed by atoms with E-state index in [0.29, 0.717) is 48.2 Å². The highest BCUT2D eigenvalue weighted by atomic mass is 19.3. The van der Waals surface area contributed by atoms with Crippen LogP contribution < -0.4 is 22.1 Å². The average Bonchev–Trinajstić information content (AvgIpc) is 4.18. The van der Waals surface area contributed by atoms with Gasteiger partial charge in [-0.2, -0.15) is 0 Å². The van der Waals surface area contributed by atoms with Crippen LogP contribution in [-0.4, -0.2) is 105 Å². The van der Waals surface area contributed by atoms with Crippen molar-refractivity contribution in [2.24, 2.45) is 11.8 Å². The smallest absolute Gasteiger partial charge is 0.255 e. The lowest BCUT2D eigenvalue weighted by molar-refractivity contribution is -0.160. The number of ether oxygens (including phenoxy) is 2. The first-order valence-corrected chi connectivity index (χ1v) is 23.9. The molecule has 0 radical (unpaired) electrons. The van der Waals surface area contributed by atoms with Gasteiger partial charge in [-0.3, -0.25) is 0 Å². The molecule has 7 heterocycles. The third-order valence-electron chi connectivity index (χ3n) is 14.1. The van der Waals surface area contributed by atoms with E-state index in [1.807, 2.05) is 85.4 Å². The summed E-state index contributed by atoms with van der Waals surface area (Å²) in [4.78, 5) is 25.9. The van der Waals surface area contributed by atoms with Gasteiger partial charge in [-0.25, -0.2) is 47.5 Å². The molecule has 372 valence electrons. The first kappa shape index (κ1) is 47.9. The van der Waals surface area contributed by atoms with Crippen molar-refractivity contribution in [3.05, 3.63) is 109 Å². The molecule has 0 amide bonds. The Bertz CT molecular complexity index is 3170. The number of fused-ring (bicyclic) bond motifs is 5. The minimum absolute atomic E-state index is 0.0274. The second-order valence-corrected chi connectivity index (χ2v) is 19.2. The number of nitrogens with one attached hydrogen (secondary N) is 2. The fourth-order valence-electron chi connectivity index (χ4n) is 10.7. The first-order valence-electron chi connectivity index (χ1n) is 23.9. The van der Waals surface area contributed by atoms with Crippen LogP contribution in [0.25, 0.3) is 43.9 Å². The van der Waals surface area contributed by atoms with Crippen molar-refractivity contribution in [2.75, 3.05) is 35.2 Å². The molecule has 3 aliphatic rings. The highest BCUT2D eigenvalue weighted by Crippen LogP contribution is 2.49. The predicted octanol–water partition coefficient (Wildman–Crippen LogP) is 8.11. The van der Waals surface area contributed by atoms with Gasteiger partial charge in [0.15, 0.2) is 5.79 Å². The van der Waals surface area contributed by atoms with Crippen molar-refractivity contribution in [3.8, 4) is 0 Å². The van der Waals surface area contributed by atoms with Gasteiger partial charge < -0.3 is 50.9 Å². The first-order chi connectivity index (χ1) is 34.2. The molecular weight excluding hydrogens is 921 g/mol. The van der Waals surface area contributed by atoms with E-state index in [9.17, 15) is 27.8 Å². The topological polar surface area (TPSA) is 222 Å². The fraction of sp³-hybridized carbons (Fsp3) is 0.412. The SMILES string of the molecule is CC1(C)O[C@@H]2[C@@H](CCc3ccc4ccc(NCC(F)F)nc4c3)C[C@@H](n3ccc4c(N)ncnc43)[C@@H]2O1.Nc1ncnc2c1ccn2[C@@H]1C[C@H](CCc2ccc3ccc(NCC(F)F)nc3c2)[C@@H](O)[C@H]1O. The number of aryl methyl sites for hydroxylation is 2. The maximum atomic E-state index is 12.6. The van der Waals surface area contributed by atoms with Gasteiger partial charge in [0, 0.05) is 23.2 Å². The number of nitrogen functional groups attached to an aromatic ring is 2. The van der Waals surface area contributed by atoms with Crippen LogP contribution in [0.4, 0.5) is 40.8 Å². The van der Waals surface area contributed by atoms with E-state index < -0.39 is 43.9 Å². The van der Waals surface area contributed by atoms with Crippen molar-refractivity contribution < 1.29 is 37.2 Å². The van der Waals surface area contributed by atoms with Crippen LogP contribution in [0.1, 0.15) is 62.7 Å². The van der Waals surface area contributed by atoms with Crippen molar-refractivity contribution in [2.45, 2.75) is 108 Å². The molecule has 0 spiro atoms. The van der Waals surface area contributed by atoms with Gasteiger partial charge in [-0.05, 0) is 124 Å². The molecule has 8 aromatic rings. The molecule has 71 heavy (non-hydrogen) atoms. The molecule has 1 aliphatic heterocycles. The Balaban J connectivity index is 0.000000165. The quantitative estimate of drug-likeness (QED) is 0.0567. The average molecular weight is 977 g/mol. The molecule has 8 N–H and O–H groups in total. The Morgan fingerprint density at radius 2 is 1.11 bits per heavy atom. The van der Waals surface area contributed by atoms with Crippen LogP contribution in [0.2, 0.25) is 0 Å². The number of aliphatic hydroxyl groups excluding tert-OH is 2. The van der Waals surface area contributed by atoms with Crippen molar-refractivity contribution in [1.29, 1.82) is 0 Å². The molecule has 2 saturated carbocycles. The summed E-state index contributed by atoms with van der Waals surface area (Å²) in [6, 6.07) is 22.8.